The number of hydrogen-bond acceptors (Lipinski definition) is 4. The average Bonchev–Trinajstić information content (AvgIpc) is 2.69. The Morgan fingerprint density at radius 1 is 1.67 bits per heavy atom. The monoisotopic (exact) mass is 206 g/mol. The van der Waals surface area contributed by atoms with E-state index in [4.69, 9.17) is 5.73 Å². The van der Waals surface area contributed by atoms with E-state index in [1.807, 2.05) is 0 Å². The molecule has 80 valence electrons. The van der Waals surface area contributed by atoms with Gasteiger partial charge in [-0.2, -0.15) is 0 Å². The largest absolute Gasteiger partial charge is 0.365 e. The highest BCUT2D eigenvalue weighted by molar-refractivity contribution is 5.93. The van der Waals surface area contributed by atoms with E-state index in [0.717, 1.165) is 25.2 Å². The summed E-state index contributed by atoms with van der Waals surface area (Å²) in [5, 5.41) is 3.31. The maximum Gasteiger partial charge on any atom is 0.252 e. The van der Waals surface area contributed by atoms with Crippen molar-refractivity contribution in [3.8, 4) is 0 Å². The van der Waals surface area contributed by atoms with Crippen molar-refractivity contribution < 1.29 is 4.79 Å². The number of nitrogens with zero attached hydrogens (tertiary/aromatic N) is 2. The van der Waals surface area contributed by atoms with Gasteiger partial charge < -0.3 is 11.1 Å². The predicted molar refractivity (Wildman–Crippen MR) is 55.3 cm³/mol. The smallest absolute Gasteiger partial charge is 0.252 e. The number of nitrogens with two attached hydrogens (primary N) is 1. The Balaban J connectivity index is 2.28. The van der Waals surface area contributed by atoms with Crippen molar-refractivity contribution in [1.82, 2.24) is 15.3 Å². The summed E-state index contributed by atoms with van der Waals surface area (Å²) in [7, 11) is 0. The van der Waals surface area contributed by atoms with Crippen LogP contribution in [0.2, 0.25) is 0 Å². The van der Waals surface area contributed by atoms with E-state index >= 15 is 0 Å². The number of hydrogen-bond donors (Lipinski definition) is 2. The lowest BCUT2D eigenvalue weighted by Gasteiger charge is -2.09. The molecule has 1 atom stereocenters. The Hall–Kier alpha value is -1.49. The van der Waals surface area contributed by atoms with Gasteiger partial charge in [0.1, 0.15) is 5.82 Å². The third-order valence-corrected chi connectivity index (χ3v) is 2.64. The first kappa shape index (κ1) is 10.0. The molecule has 5 heteroatoms. The van der Waals surface area contributed by atoms with Crippen LogP contribution < -0.4 is 11.1 Å². The van der Waals surface area contributed by atoms with Crippen LogP contribution in [0.1, 0.15) is 40.8 Å². The van der Waals surface area contributed by atoms with Crippen molar-refractivity contribution in [3.05, 3.63) is 23.3 Å². The standard InChI is InChI=1S/C10H14N4O/c1-6-7(9(11)15)5-13-10(14-6)8-3-2-4-12-8/h5,8,12H,2-4H2,1H3,(H2,11,15)/t8-/m1/s1. The highest BCUT2D eigenvalue weighted by atomic mass is 16.1. The maximum absolute atomic E-state index is 11.0. The van der Waals surface area contributed by atoms with Gasteiger partial charge in [0.05, 0.1) is 17.3 Å². The van der Waals surface area contributed by atoms with Crippen molar-refractivity contribution in [2.75, 3.05) is 6.54 Å². The van der Waals surface area contributed by atoms with Gasteiger partial charge in [-0.05, 0) is 26.3 Å². The van der Waals surface area contributed by atoms with Crippen LogP contribution >= 0.6 is 0 Å². The van der Waals surface area contributed by atoms with Crippen LogP contribution in [0.25, 0.3) is 0 Å². The Kier molecular flexibility index (Phi) is 2.64. The fraction of sp³-hybridized carbons (Fsp3) is 0.500. The molecule has 0 saturated carbocycles. The minimum absolute atomic E-state index is 0.227. The zero-order valence-corrected chi connectivity index (χ0v) is 8.66. The molecule has 1 aromatic rings. The van der Waals surface area contributed by atoms with Crippen LogP contribution in [-0.4, -0.2) is 22.4 Å². The number of aryl methyl sites for hydroxylation is 1. The van der Waals surface area contributed by atoms with Crippen molar-refractivity contribution in [2.45, 2.75) is 25.8 Å². The maximum atomic E-state index is 11.0. The van der Waals surface area contributed by atoms with Crippen LogP contribution in [0, 0.1) is 6.92 Å². The molecule has 2 rings (SSSR count). The summed E-state index contributed by atoms with van der Waals surface area (Å²) >= 11 is 0. The summed E-state index contributed by atoms with van der Waals surface area (Å²) in [6, 6.07) is 0.227. The van der Waals surface area contributed by atoms with Gasteiger partial charge >= 0.3 is 0 Å². The Morgan fingerprint density at radius 3 is 3.00 bits per heavy atom. The molecule has 5 nitrogen and oxygen atoms in total. The van der Waals surface area contributed by atoms with Gasteiger partial charge in [0, 0.05) is 6.20 Å². The highest BCUT2D eigenvalue weighted by Crippen LogP contribution is 2.20. The van der Waals surface area contributed by atoms with E-state index < -0.39 is 5.91 Å². The summed E-state index contributed by atoms with van der Waals surface area (Å²) in [5.41, 5.74) is 6.24. The van der Waals surface area contributed by atoms with Gasteiger partial charge in [-0.1, -0.05) is 0 Å². The number of carbonyl (C=O) groups is 1. The van der Waals surface area contributed by atoms with Crippen LogP contribution in [0.4, 0.5) is 0 Å². The first-order valence-electron chi connectivity index (χ1n) is 5.05. The van der Waals surface area contributed by atoms with Crippen molar-refractivity contribution in [3.63, 3.8) is 0 Å². The molecule has 3 N–H and O–H groups in total. The van der Waals surface area contributed by atoms with Crippen molar-refractivity contribution >= 4 is 5.91 Å². The lowest BCUT2D eigenvalue weighted by Crippen LogP contribution is -2.19. The number of primary amides is 1. The fourth-order valence-corrected chi connectivity index (χ4v) is 1.80. The van der Waals surface area contributed by atoms with E-state index in [0.29, 0.717) is 11.3 Å². The molecule has 2 heterocycles. The zero-order valence-electron chi connectivity index (χ0n) is 8.66. The summed E-state index contributed by atoms with van der Waals surface area (Å²) in [6.07, 6.45) is 3.71. The van der Waals surface area contributed by atoms with Crippen LogP contribution in [0.5, 0.6) is 0 Å². The van der Waals surface area contributed by atoms with Gasteiger partial charge in [-0.25, -0.2) is 9.97 Å². The van der Waals surface area contributed by atoms with Gasteiger partial charge in [-0.15, -0.1) is 0 Å². The topological polar surface area (TPSA) is 80.9 Å². The summed E-state index contributed by atoms with van der Waals surface area (Å²) in [4.78, 5) is 19.5. The number of amides is 1. The second kappa shape index (κ2) is 3.94. The van der Waals surface area contributed by atoms with Gasteiger partial charge in [0.15, 0.2) is 0 Å². The zero-order chi connectivity index (χ0) is 10.8. The van der Waals surface area contributed by atoms with E-state index in [-0.39, 0.29) is 6.04 Å². The molecule has 1 aliphatic heterocycles. The van der Waals surface area contributed by atoms with Crippen LogP contribution in [-0.2, 0) is 0 Å². The SMILES string of the molecule is Cc1nc([C@H]2CCCN2)ncc1C(N)=O. The second-order valence-electron chi connectivity index (χ2n) is 3.74. The Morgan fingerprint density at radius 2 is 2.47 bits per heavy atom. The molecule has 0 radical (unpaired) electrons. The van der Waals surface area contributed by atoms with Crippen molar-refractivity contribution in [1.29, 1.82) is 0 Å². The number of nitrogens with one attached hydrogen (secondary N) is 1. The lowest BCUT2D eigenvalue weighted by molar-refractivity contribution is 0.0999. The van der Waals surface area contributed by atoms with E-state index in [9.17, 15) is 4.79 Å². The van der Waals surface area contributed by atoms with E-state index in [2.05, 4.69) is 15.3 Å². The van der Waals surface area contributed by atoms with Gasteiger partial charge in [0.25, 0.3) is 5.91 Å². The molecule has 1 aliphatic rings. The molecular weight excluding hydrogens is 192 g/mol. The Bertz CT molecular complexity index is 385. The number of rotatable bonds is 2. The molecule has 0 spiro atoms. The third kappa shape index (κ3) is 1.97. The molecule has 1 aromatic heterocycles. The minimum atomic E-state index is -0.474. The van der Waals surface area contributed by atoms with Crippen LogP contribution in [0.3, 0.4) is 0 Å². The summed E-state index contributed by atoms with van der Waals surface area (Å²) in [6.45, 7) is 2.78. The summed E-state index contributed by atoms with van der Waals surface area (Å²) < 4.78 is 0. The molecule has 1 amide bonds. The quantitative estimate of drug-likeness (QED) is 0.729. The normalized spacial score (nSPS) is 20.5. The third-order valence-electron chi connectivity index (χ3n) is 2.64. The van der Waals surface area contributed by atoms with E-state index in [1.165, 1.54) is 6.20 Å². The van der Waals surface area contributed by atoms with E-state index in [1.54, 1.807) is 6.92 Å². The first-order chi connectivity index (χ1) is 7.18. The first-order valence-corrected chi connectivity index (χ1v) is 5.05. The number of aromatic nitrogens is 2. The lowest BCUT2D eigenvalue weighted by atomic mass is 10.2. The van der Waals surface area contributed by atoms with Crippen molar-refractivity contribution in [2.24, 2.45) is 5.73 Å². The molecule has 15 heavy (non-hydrogen) atoms. The van der Waals surface area contributed by atoms with Gasteiger partial charge in [0.2, 0.25) is 0 Å². The second-order valence-corrected chi connectivity index (χ2v) is 3.74. The molecular formula is C10H14N4O. The molecule has 0 bridgehead atoms. The summed E-state index contributed by atoms with van der Waals surface area (Å²) in [5.74, 6) is 0.286. The van der Waals surface area contributed by atoms with Gasteiger partial charge in [-0.3, -0.25) is 4.79 Å². The molecule has 0 aliphatic carbocycles. The molecule has 1 saturated heterocycles. The molecule has 0 aromatic carbocycles. The highest BCUT2D eigenvalue weighted by Gasteiger charge is 2.19. The fourth-order valence-electron chi connectivity index (χ4n) is 1.80. The number of carbonyl (C=O) groups excluding carboxylic acids is 1. The van der Waals surface area contributed by atoms with Crippen LogP contribution in [0.15, 0.2) is 6.20 Å². The molecule has 0 unspecified atom stereocenters. The molecule has 1 fully saturated rings. The predicted octanol–water partition coefficient (Wildman–Crippen LogP) is 0.308. The Labute approximate surface area is 88.1 Å². The minimum Gasteiger partial charge on any atom is -0.365 e. The average molecular weight is 206 g/mol.